The second kappa shape index (κ2) is 44.9. The molecule has 0 bridgehead atoms. The van der Waals surface area contributed by atoms with Crippen LogP contribution in [0.1, 0.15) is 29.7 Å². The number of benzene rings is 8. The topological polar surface area (TPSA) is 406 Å². The molecule has 0 aliphatic carbocycles. The van der Waals surface area contributed by atoms with Crippen molar-refractivity contribution in [3.05, 3.63) is 224 Å². The molecule has 3 saturated heterocycles. The van der Waals surface area contributed by atoms with Gasteiger partial charge in [-0.3, -0.25) is 4.90 Å². The number of para-hydroxylation sites is 4. The highest BCUT2D eigenvalue weighted by Gasteiger charge is 2.32. The number of ether oxygens (including phenoxy) is 4. The van der Waals surface area contributed by atoms with E-state index in [-0.39, 0.29) is 34.8 Å². The van der Waals surface area contributed by atoms with Gasteiger partial charge < -0.3 is 89.5 Å². The summed E-state index contributed by atoms with van der Waals surface area (Å²) in [5.41, 5.74) is 10.1. The monoisotopic (exact) mass is 2090 g/mol. The highest BCUT2D eigenvalue weighted by Crippen LogP contribution is 2.46. The molecule has 34 nitrogen and oxygen atoms in total. The zero-order valence-corrected chi connectivity index (χ0v) is 86.7. The van der Waals surface area contributed by atoms with E-state index in [9.17, 15) is 26.7 Å². The van der Waals surface area contributed by atoms with Crippen LogP contribution in [0.4, 0.5) is 98.3 Å². The Hall–Kier alpha value is -10.9. The zero-order valence-electron chi connectivity index (χ0n) is 77.7. The molecule has 0 atom stereocenters. The van der Waals surface area contributed by atoms with Crippen molar-refractivity contribution in [1.29, 1.82) is 0 Å². The number of hydrogen-bond acceptors (Lipinski definition) is 32. The first-order valence-electron chi connectivity index (χ1n) is 43.6. The van der Waals surface area contributed by atoms with E-state index in [1.165, 1.54) is 62.0 Å². The first-order valence-corrected chi connectivity index (χ1v) is 57.8. The number of piperidine rings is 1. The largest absolute Gasteiger partial charge is 0.495 e. The Morgan fingerprint density at radius 1 is 0.482 bits per heavy atom. The van der Waals surface area contributed by atoms with Crippen LogP contribution in [0.3, 0.4) is 0 Å². The van der Waals surface area contributed by atoms with Crippen molar-refractivity contribution in [3.8, 4) is 28.6 Å². The maximum atomic E-state index is 13.3. The lowest BCUT2D eigenvalue weighted by Crippen LogP contribution is -2.52. The molecule has 0 unspecified atom stereocenters. The van der Waals surface area contributed by atoms with Crippen LogP contribution in [-0.2, 0) is 39.4 Å². The molecule has 9 N–H and O–H groups in total. The van der Waals surface area contributed by atoms with E-state index < -0.39 is 38.6 Å². The van der Waals surface area contributed by atoms with Crippen molar-refractivity contribution in [2.45, 2.75) is 44.0 Å². The number of hydrogen-bond donors (Lipinski definition) is 9. The summed E-state index contributed by atoms with van der Waals surface area (Å²) < 4.78 is 102. The van der Waals surface area contributed by atoms with Crippen molar-refractivity contribution < 1.29 is 45.6 Å². The van der Waals surface area contributed by atoms with E-state index in [0.717, 1.165) is 104 Å². The molecule has 17 rings (SSSR count). The highest BCUT2D eigenvalue weighted by molar-refractivity contribution is 9.10. The number of aromatic nitrogens is 12. The molecular formula is C93H107BrCl4N24O10P4S. The molecule has 0 amide bonds. The van der Waals surface area contributed by atoms with Crippen molar-refractivity contribution in [3.63, 3.8) is 0 Å². The second-order valence-electron chi connectivity index (χ2n) is 34.0. The Morgan fingerprint density at radius 3 is 1.47 bits per heavy atom. The number of halogens is 5. The van der Waals surface area contributed by atoms with Crippen LogP contribution < -0.4 is 82.9 Å². The molecule has 0 saturated carbocycles. The van der Waals surface area contributed by atoms with Gasteiger partial charge in [-0.2, -0.15) is 29.5 Å². The summed E-state index contributed by atoms with van der Waals surface area (Å²) in [6.45, 7) is 26.2. The Morgan fingerprint density at radius 2 is 0.949 bits per heavy atom. The molecule has 9 heterocycles. The molecule has 4 aliphatic heterocycles. The summed E-state index contributed by atoms with van der Waals surface area (Å²) in [6.07, 6.45) is 7.65. The predicted octanol–water partition coefficient (Wildman–Crippen LogP) is 19.2. The number of rotatable bonds is 27. The van der Waals surface area contributed by atoms with Gasteiger partial charge in [0.2, 0.25) is 39.6 Å². The van der Waals surface area contributed by atoms with Gasteiger partial charge in [0.1, 0.15) is 70.8 Å². The lowest BCUT2D eigenvalue weighted by molar-refractivity contribution is 0.0730. The number of H-pyrrole nitrogens is 1. The molecule has 3 fully saturated rings. The lowest BCUT2D eigenvalue weighted by Gasteiger charge is -2.42. The predicted molar refractivity (Wildman–Crippen MR) is 559 cm³/mol. The average molecular weight is 2100 g/mol. The molecule has 720 valence electrons. The number of morpholine rings is 1. The number of nitrogens with one attached hydrogen (secondary N) is 9. The Balaban J connectivity index is 0.000000147. The van der Waals surface area contributed by atoms with Gasteiger partial charge in [0.15, 0.2) is 23.3 Å². The van der Waals surface area contributed by atoms with Crippen molar-refractivity contribution in [2.24, 2.45) is 0 Å². The van der Waals surface area contributed by atoms with Gasteiger partial charge in [-0.1, -0.05) is 111 Å². The minimum atomic E-state index is -3.76. The van der Waals surface area contributed by atoms with Gasteiger partial charge in [0.25, 0.3) is 0 Å². The molecule has 137 heavy (non-hydrogen) atoms. The quantitative estimate of drug-likeness (QED) is 0.0216. The SMILES string of the molecule is COc1cc(N2CCC(N3CCN(C)CC3)CC2)ccc1Nc1nc(C)c(Cl)c(Nc2ccccc2P(C)(C)=O)n1.COc1cc(P(C)(C)=O)ccc1Nc1ncc(Cl)c(Nc2ccccc2S(=O)(=O)N2CCOCC2)n1.CP(C)(=O)c1ccccc1Nc1nc(Nc2ccc(Br)c3c2OCC3)ncc1Cl.Cc1cc(-c2nn[nH]n2)ccc1Nc1ncc(Cl)c(Nc2ccccc2P(C)(C)=O)n1. The number of likely N-dealkylation sites (N-methyl/N-ethyl adjacent to an activating group) is 1. The summed E-state index contributed by atoms with van der Waals surface area (Å²) in [7, 11) is -8.31. The van der Waals surface area contributed by atoms with E-state index >= 15 is 0 Å². The lowest BCUT2D eigenvalue weighted by atomic mass is 10.0. The summed E-state index contributed by atoms with van der Waals surface area (Å²) >= 11 is 29.1. The zero-order chi connectivity index (χ0) is 97.7. The summed E-state index contributed by atoms with van der Waals surface area (Å²) in [4.78, 5) is 43.1. The molecule has 4 aliphatic rings. The van der Waals surface area contributed by atoms with Crippen LogP contribution in [0, 0.1) is 13.8 Å². The fraction of sp³-hybridized carbons (Fsp3) is 0.301. The maximum absolute atomic E-state index is 13.3. The fourth-order valence-corrected chi connectivity index (χ4v) is 22.4. The summed E-state index contributed by atoms with van der Waals surface area (Å²) in [6, 6.07) is 50.6. The number of aromatic amines is 1. The third kappa shape index (κ3) is 26.2. The number of sulfonamides is 1. The molecule has 44 heteroatoms. The third-order valence-corrected chi connectivity index (χ3v) is 32.8. The number of methoxy groups -OCH3 is 2. The number of fused-ring (bicyclic) bond motifs is 1. The van der Waals surface area contributed by atoms with Gasteiger partial charge in [0.05, 0.1) is 98.1 Å². The van der Waals surface area contributed by atoms with Gasteiger partial charge in [-0.25, -0.2) is 28.4 Å². The van der Waals surface area contributed by atoms with E-state index in [4.69, 9.17) is 65.4 Å². The van der Waals surface area contributed by atoms with Gasteiger partial charge >= 0.3 is 0 Å². The van der Waals surface area contributed by atoms with Crippen molar-refractivity contribution in [2.75, 3.05) is 194 Å². The maximum Gasteiger partial charge on any atom is 0.245 e. The molecule has 13 aromatic rings. The number of nitrogens with zero attached hydrogens (tertiary/aromatic N) is 15. The van der Waals surface area contributed by atoms with Crippen molar-refractivity contribution >= 4 is 220 Å². The van der Waals surface area contributed by atoms with E-state index in [1.54, 1.807) is 96.8 Å². The number of anilines is 17. The molecule has 0 spiro atoms. The Labute approximate surface area is 825 Å². The number of tetrazole rings is 1. The highest BCUT2D eigenvalue weighted by atomic mass is 79.9. The van der Waals surface area contributed by atoms with Crippen LogP contribution in [0.15, 0.2) is 192 Å². The molecule has 5 aromatic heterocycles. The van der Waals surface area contributed by atoms with E-state index in [2.05, 4.69) is 153 Å². The van der Waals surface area contributed by atoms with E-state index in [0.29, 0.717) is 127 Å². The number of aryl methyl sites for hydroxylation is 2. The fourth-order valence-electron chi connectivity index (χ4n) is 15.5. The summed E-state index contributed by atoms with van der Waals surface area (Å²) in [5, 5.41) is 43.8. The molecule has 0 radical (unpaired) electrons. The third-order valence-electron chi connectivity index (χ3n) is 22.7. The molecule has 8 aromatic carbocycles. The standard InChI is InChI=1S/C30H41ClN7O2P.C23H27ClN5O5PS.C20H19BrClN4O2P.C20H20ClN8OP/c1-21-28(31)29(33-25-8-6-7-9-27(25)41(4,5)39)35-30(32-21)34-24-11-10-23(20-26(24)40-3)37-14-12-22(13-15-37)38-18-16-36(2)17-19-38;1-33-20-14-16(35(2,3)30)8-9-18(20)27-23-25-15-17(24)22(28-23)26-19-6-4-5-7-21(19)36(31,32)29-10-12-34-13-11-29;1-29(2,27)17-6-4-3-5-15(17)24-19-14(22)11-23-20(26-19)25-16-8-7-13(21)12-9-10-28-18(12)16;1-12-10-13(18-26-28-29-27-18)8-9-15(12)24-20-22-11-14(21)19(25-20)23-16-6-4-5-7-17(16)31(2,3)30/h6-11,20,22H,12-19H2,1-5H3,(H2,32,33,34,35);4-9,14-15H,10-13H2,1-3H3,(H2,25,26,27,28);3-8,11H,9-10H2,1-2H3,(H2,23,24,25,26);4-11H,1-3H3,(H2,22,23,24,25)(H,26,27,28,29). The Kier molecular flexibility index (Phi) is 33.4. The van der Waals surface area contributed by atoms with Crippen LogP contribution in [0.25, 0.3) is 11.4 Å². The van der Waals surface area contributed by atoms with Crippen LogP contribution >= 0.6 is 90.9 Å². The average Bonchev–Trinajstić information content (AvgIpc) is 1.75. The Bertz CT molecular complexity index is 6850. The van der Waals surface area contributed by atoms with Crippen LogP contribution in [-0.4, -0.2) is 236 Å². The second-order valence-corrected chi connectivity index (χ2v) is 51.2. The van der Waals surface area contributed by atoms with Crippen molar-refractivity contribution in [1.82, 2.24) is 74.6 Å². The van der Waals surface area contributed by atoms with Crippen LogP contribution in [0.5, 0.6) is 17.2 Å². The number of piperazine rings is 1. The van der Waals surface area contributed by atoms with Gasteiger partial charge in [0, 0.05) is 119 Å². The first-order chi connectivity index (χ1) is 65.3. The van der Waals surface area contributed by atoms with Crippen LogP contribution in [0.2, 0.25) is 20.1 Å². The van der Waals surface area contributed by atoms with E-state index in [1.807, 2.05) is 123 Å². The molecular weight excluding hydrogens is 1990 g/mol. The first kappa shape index (κ1) is 102. The minimum absolute atomic E-state index is 0.108. The smallest absolute Gasteiger partial charge is 0.245 e. The minimum Gasteiger partial charge on any atom is -0.495 e. The van der Waals surface area contributed by atoms with Gasteiger partial charge in [-0.05, 0) is 207 Å². The summed E-state index contributed by atoms with van der Waals surface area (Å²) in [5.74, 6) is 5.39. The van der Waals surface area contributed by atoms with Gasteiger partial charge in [-0.15, -0.1) is 10.2 Å². The normalized spacial score (nSPS) is 14.5.